The maximum absolute atomic E-state index is 14.7. The van der Waals surface area contributed by atoms with Gasteiger partial charge in [0.2, 0.25) is 41.4 Å². The van der Waals surface area contributed by atoms with Crippen molar-refractivity contribution < 1.29 is 58.4 Å². The predicted molar refractivity (Wildman–Crippen MR) is 382 cm³/mol. The lowest BCUT2D eigenvalue weighted by molar-refractivity contribution is -0.136. The summed E-state index contributed by atoms with van der Waals surface area (Å²) in [4.78, 5) is 118. The van der Waals surface area contributed by atoms with Crippen molar-refractivity contribution in [2.45, 2.75) is 145 Å². The molecule has 98 heavy (non-hydrogen) atoms. The van der Waals surface area contributed by atoms with Gasteiger partial charge in [-0.05, 0) is 93.8 Å². The van der Waals surface area contributed by atoms with Crippen LogP contribution < -0.4 is 64.1 Å². The van der Waals surface area contributed by atoms with E-state index in [0.29, 0.717) is 40.3 Å². The molecule has 8 rings (SSSR count). The van der Waals surface area contributed by atoms with Gasteiger partial charge in [-0.25, -0.2) is 0 Å². The fourth-order valence-electron chi connectivity index (χ4n) is 11.3. The first-order chi connectivity index (χ1) is 47.1. The molecule has 3 heterocycles. The summed E-state index contributed by atoms with van der Waals surface area (Å²) >= 11 is 6.26. The number of nitrogens with one attached hydrogen (secondary N) is 10. The molecular weight excluding hydrogens is 1310 g/mol. The number of aliphatic hydroxyl groups is 3. The number of rotatable bonds is 23. The number of hydrogen-bond donors (Lipinski definition) is 15. The van der Waals surface area contributed by atoms with Crippen LogP contribution >= 0.6 is 33.2 Å². The van der Waals surface area contributed by atoms with Gasteiger partial charge >= 0.3 is 0 Å². The monoisotopic (exact) mass is 1410 g/mol. The molecule has 1 aromatic heterocycles. The van der Waals surface area contributed by atoms with E-state index in [-0.39, 0.29) is 61.7 Å². The van der Waals surface area contributed by atoms with Gasteiger partial charge in [-0.3, -0.25) is 43.3 Å². The van der Waals surface area contributed by atoms with Crippen LogP contribution in [0.15, 0.2) is 134 Å². The minimum absolute atomic E-state index is 0.0340. The van der Waals surface area contributed by atoms with Crippen LogP contribution in [0.4, 0.5) is 5.69 Å². The molecule has 28 heteroatoms. The minimum atomic E-state index is -1.66. The first kappa shape index (κ1) is 77.1. The molecule has 5 aromatic carbocycles. The number of nitrogens with two attached hydrogens (primary N) is 2. The van der Waals surface area contributed by atoms with Crippen molar-refractivity contribution in [1.29, 1.82) is 0 Å². The number of ether oxygens (including phenoxy) is 1. The number of H-pyrrole nitrogens is 1. The summed E-state index contributed by atoms with van der Waals surface area (Å²) in [5.74, 6) is -5.66. The van der Waals surface area contributed by atoms with Crippen LogP contribution in [0.1, 0.15) is 79.1 Å². The van der Waals surface area contributed by atoms with Gasteiger partial charge in [0.05, 0.1) is 54.3 Å². The van der Waals surface area contributed by atoms with Gasteiger partial charge in [0.15, 0.2) is 0 Å². The molecular formula is C70H92ClN13O12S2. The molecule has 2 fully saturated rings. The van der Waals surface area contributed by atoms with Crippen LogP contribution in [-0.4, -0.2) is 190 Å². The molecule has 0 bridgehead atoms. The highest BCUT2D eigenvalue weighted by Gasteiger charge is 2.38. The van der Waals surface area contributed by atoms with Crippen molar-refractivity contribution in [2.24, 2.45) is 11.5 Å². The van der Waals surface area contributed by atoms with Gasteiger partial charge in [0.25, 0.3) is 5.91 Å². The number of methoxy groups -OCH3 is 1. The minimum Gasteiger partial charge on any atom is -0.496 e. The normalized spacial score (nSPS) is 22.0. The number of likely N-dealkylation sites (tertiary alicyclic amines) is 1. The van der Waals surface area contributed by atoms with Crippen LogP contribution in [0.25, 0.3) is 10.9 Å². The number of hydrogen-bond acceptors (Lipinski definition) is 18. The highest BCUT2D eigenvalue weighted by molar-refractivity contribution is 8.76. The Morgan fingerprint density at radius 2 is 1.34 bits per heavy atom. The van der Waals surface area contributed by atoms with E-state index in [1.54, 1.807) is 87.1 Å². The molecule has 0 aliphatic carbocycles. The predicted octanol–water partition coefficient (Wildman–Crippen LogP) is 2.98. The Balaban J connectivity index is 0.000000414. The Morgan fingerprint density at radius 1 is 0.735 bits per heavy atom. The molecule has 0 spiro atoms. The average molecular weight is 1410 g/mol. The molecule has 8 amide bonds. The van der Waals surface area contributed by atoms with Crippen LogP contribution in [0, 0.1) is 0 Å². The zero-order chi connectivity index (χ0) is 70.8. The van der Waals surface area contributed by atoms with Gasteiger partial charge in [0, 0.05) is 79.7 Å². The number of unbranched alkanes of at least 4 members (excludes halogenated alkanes) is 1. The highest BCUT2D eigenvalue weighted by Crippen LogP contribution is 2.32. The van der Waals surface area contributed by atoms with Gasteiger partial charge in [0.1, 0.15) is 42.0 Å². The van der Waals surface area contributed by atoms with Gasteiger partial charge in [-0.15, -0.1) is 0 Å². The highest BCUT2D eigenvalue weighted by atomic mass is 35.5. The second-order valence-corrected chi connectivity index (χ2v) is 27.3. The summed E-state index contributed by atoms with van der Waals surface area (Å²) in [6.45, 7) is 6.23. The fourth-order valence-corrected chi connectivity index (χ4v) is 13.9. The van der Waals surface area contributed by atoms with E-state index < -0.39 is 108 Å². The van der Waals surface area contributed by atoms with E-state index in [1.807, 2.05) is 36.4 Å². The summed E-state index contributed by atoms with van der Waals surface area (Å²) in [5, 5.41) is 57.2. The van der Waals surface area contributed by atoms with E-state index in [2.05, 4.69) is 88.9 Å². The molecule has 0 radical (unpaired) electrons. The molecule has 528 valence electrons. The van der Waals surface area contributed by atoms with E-state index in [1.165, 1.54) is 19.4 Å². The lowest BCUT2D eigenvalue weighted by atomic mass is 10.0. The Bertz CT molecular complexity index is 3600. The summed E-state index contributed by atoms with van der Waals surface area (Å²) in [6, 6.07) is 28.8. The van der Waals surface area contributed by atoms with Crippen LogP contribution in [0.2, 0.25) is 5.02 Å². The number of aromatic nitrogens is 1. The first-order valence-corrected chi connectivity index (χ1v) is 35.5. The molecule has 1 unspecified atom stereocenters. The van der Waals surface area contributed by atoms with Crippen LogP contribution in [0.3, 0.4) is 0 Å². The standard InChI is InChI=1S/C49H66N10O10S2.C21H26ClN3O2/c1-28(61)39(25-60)56-48(68)41-27-71-70-26-40(57-43(63)34(51)21-30-13-5-3-6-14-30)47(67)54-37(22-31-15-7-4-8-16-31)45(65)55-38(23-32-24-52-35-18-10-9-17-33(32)35)46(66)53-36(19-11-12-20-50)44(64)59-42(29(2)62)49(69)58-41;1-14-18(9-10-25(14)13-15-7-5-4-6-8-15)24-21(26)16-11-17(22)19(23-2)12-20(16)27-3/h3-10,13-18,24,28-29,34,36-42,52,60-62H,11-12,19-23,25-27,50-51H2,1-2H3,(H,53,66)(H,54,67)(H,55,65)(H,56,68)(H,57,63)(H,58,69)(H,59,64);4-8,11-12,14,18,23H,9-10,13H2,1-3H3,(H,24,26)/t28-,29?,34-,36+,37+,38-,39-,40+,41+,42+;14-,18-/m10/s1. The summed E-state index contributed by atoms with van der Waals surface area (Å²) in [6.07, 6.45) is 0.765. The Kier molecular flexibility index (Phi) is 30.5. The van der Waals surface area contributed by atoms with Crippen molar-refractivity contribution in [3.63, 3.8) is 0 Å². The van der Waals surface area contributed by atoms with E-state index in [0.717, 1.165) is 63.3 Å². The topological polar surface area (TPSA) is 386 Å². The third kappa shape index (κ3) is 22.6. The van der Waals surface area contributed by atoms with Crippen molar-refractivity contribution in [1.82, 2.24) is 52.4 Å². The quantitative estimate of drug-likeness (QED) is 0.0324. The molecule has 17 N–H and O–H groups in total. The maximum atomic E-state index is 14.7. The number of carbonyl (C=O) groups is 8. The zero-order valence-corrected chi connectivity index (χ0v) is 58.0. The third-order valence-electron chi connectivity index (χ3n) is 17.1. The Labute approximate surface area is 584 Å². The number of para-hydroxylation sites is 1. The first-order valence-electron chi connectivity index (χ1n) is 32.7. The number of amides is 8. The number of aromatic amines is 1. The number of carbonyl (C=O) groups excluding carboxylic acids is 8. The van der Waals surface area contributed by atoms with Crippen LogP contribution in [0.5, 0.6) is 5.75 Å². The number of nitrogens with zero attached hydrogens (tertiary/aromatic N) is 1. The number of aliphatic hydroxyl groups excluding tert-OH is 3. The van der Waals surface area contributed by atoms with Gasteiger partial charge in [-0.2, -0.15) is 0 Å². The maximum Gasteiger partial charge on any atom is 0.255 e. The summed E-state index contributed by atoms with van der Waals surface area (Å²) in [7, 11) is 5.39. The third-order valence-corrected chi connectivity index (χ3v) is 19.8. The second-order valence-electron chi connectivity index (χ2n) is 24.3. The van der Waals surface area contributed by atoms with Crippen molar-refractivity contribution in [2.75, 3.05) is 50.7 Å². The number of fused-ring (bicyclic) bond motifs is 1. The van der Waals surface area contributed by atoms with Crippen molar-refractivity contribution >= 4 is 97.0 Å². The molecule has 6 aromatic rings. The Morgan fingerprint density at radius 3 is 1.97 bits per heavy atom. The van der Waals surface area contributed by atoms with E-state index >= 15 is 0 Å². The lowest BCUT2D eigenvalue weighted by Crippen LogP contribution is -2.62. The van der Waals surface area contributed by atoms with Gasteiger partial charge < -0.3 is 84.4 Å². The molecule has 0 saturated carbocycles. The summed E-state index contributed by atoms with van der Waals surface area (Å²) in [5.41, 5.74) is 17.5. The van der Waals surface area contributed by atoms with Gasteiger partial charge in [-0.1, -0.05) is 142 Å². The molecule has 2 aliphatic rings. The van der Waals surface area contributed by atoms with E-state index in [9.17, 15) is 53.7 Å². The second kappa shape index (κ2) is 38.8. The van der Waals surface area contributed by atoms with E-state index in [4.69, 9.17) is 27.8 Å². The molecule has 12 atom stereocenters. The largest absolute Gasteiger partial charge is 0.496 e. The van der Waals surface area contributed by atoms with Crippen molar-refractivity contribution in [3.05, 3.63) is 166 Å². The SMILES string of the molecule is CC(O)[C@@H]1NC(=O)[C@H](CCCCN)NC(=O)[C@@H](Cc2c[nH]c3ccccc23)NC(=O)[C@H](Cc2ccccc2)NC(=O)[C@@H](NC(=O)[C@H](N)Cc2ccccc2)CSSC[C@@H](C(=O)N[C@H](CO)[C@@H](C)O)NC1=O.CNc1cc(OC)c(C(=O)N[C@H]2CCN(Cc3ccccc3)[C@H]2C)cc1Cl. The number of benzene rings is 5. The molecule has 2 saturated heterocycles. The summed E-state index contributed by atoms with van der Waals surface area (Å²) < 4.78 is 5.39. The van der Waals surface area contributed by atoms with Crippen molar-refractivity contribution in [3.8, 4) is 5.75 Å². The number of halogens is 1. The fraction of sp³-hybridized carbons (Fsp3) is 0.429. The lowest BCUT2D eigenvalue weighted by Gasteiger charge is -2.29. The Hall–Kier alpha value is -8.25. The van der Waals surface area contributed by atoms with Crippen LogP contribution in [-0.2, 0) is 59.4 Å². The zero-order valence-electron chi connectivity index (χ0n) is 55.6. The molecule has 2 aliphatic heterocycles. The smallest absolute Gasteiger partial charge is 0.255 e. The average Bonchev–Trinajstić information content (AvgIpc) is 1.51. The number of anilines is 1. The molecule has 25 nitrogen and oxygen atoms in total.